The number of nitrogens with zero attached hydrogens (tertiary/aromatic N) is 1. The Morgan fingerprint density at radius 2 is 2.05 bits per heavy atom. The summed E-state index contributed by atoms with van der Waals surface area (Å²) in [5, 5.41) is 21.7. The monoisotopic (exact) mass is 328 g/mol. The van der Waals surface area contributed by atoms with Crippen molar-refractivity contribution >= 4 is 29.5 Å². The molecule has 3 N–H and O–H groups in total. The molecule has 2 heterocycles. The molecule has 0 aromatic rings. The molecule has 2 amide bonds. The number of carboxylic acid groups (broad SMARTS) is 1. The first-order valence-corrected chi connectivity index (χ1v) is 7.95. The highest BCUT2D eigenvalue weighted by Gasteiger charge is 2.60. The number of carboxylic acids is 1. The van der Waals surface area contributed by atoms with Crippen molar-refractivity contribution in [1.82, 2.24) is 10.2 Å². The molecule has 1 fully saturated rings. The zero-order valence-corrected chi connectivity index (χ0v) is 13.6. The highest BCUT2D eigenvalue weighted by atomic mass is 32.2. The Balaban J connectivity index is 2.08. The smallest absolute Gasteiger partial charge is 0.353 e. The molecule has 0 saturated carbocycles. The van der Waals surface area contributed by atoms with Crippen LogP contribution in [0.5, 0.6) is 0 Å². The molecule has 122 valence electrons. The van der Waals surface area contributed by atoms with Gasteiger partial charge in [-0.15, -0.1) is 11.8 Å². The van der Waals surface area contributed by atoms with E-state index in [9.17, 15) is 24.6 Å². The molecular formula is C14H20N2O5S. The number of aliphatic hydroxyl groups is 1. The van der Waals surface area contributed by atoms with E-state index in [1.807, 2.05) is 0 Å². The molecule has 22 heavy (non-hydrogen) atoms. The molecule has 1 saturated heterocycles. The Labute approximate surface area is 132 Å². The van der Waals surface area contributed by atoms with E-state index in [1.165, 1.54) is 23.6 Å². The summed E-state index contributed by atoms with van der Waals surface area (Å²) in [4.78, 5) is 36.3. The van der Waals surface area contributed by atoms with Crippen molar-refractivity contribution in [1.29, 1.82) is 0 Å². The quantitative estimate of drug-likeness (QED) is 0.484. The number of fused-ring (bicyclic) bond motifs is 1. The van der Waals surface area contributed by atoms with E-state index in [0.29, 0.717) is 24.3 Å². The summed E-state index contributed by atoms with van der Waals surface area (Å²) in [6.45, 7) is 5.00. The molecular weight excluding hydrogens is 308 g/mol. The predicted octanol–water partition coefficient (Wildman–Crippen LogP) is 0.501. The normalized spacial score (nSPS) is 24.2. The molecule has 0 bridgehead atoms. The number of hydrogen-bond acceptors (Lipinski definition) is 5. The van der Waals surface area contributed by atoms with Crippen LogP contribution in [0.15, 0.2) is 10.6 Å². The third-order valence-electron chi connectivity index (χ3n) is 3.73. The van der Waals surface area contributed by atoms with Crippen LogP contribution in [0.25, 0.3) is 0 Å². The number of carbonyl (C=O) groups excluding carboxylic acids is 2. The average molecular weight is 328 g/mol. The molecule has 0 aromatic carbocycles. The van der Waals surface area contributed by atoms with Crippen LogP contribution in [-0.2, 0) is 14.4 Å². The molecule has 8 heteroatoms. The van der Waals surface area contributed by atoms with Crippen molar-refractivity contribution < 1.29 is 24.6 Å². The van der Waals surface area contributed by atoms with Gasteiger partial charge in [0.15, 0.2) is 0 Å². The number of β-lactam (4-membered cyclic amide) rings is 1. The summed E-state index contributed by atoms with van der Waals surface area (Å²) in [7, 11) is 0. The number of hydrogen-bond donors (Lipinski definition) is 3. The number of nitrogens with one attached hydrogen (secondary N) is 1. The van der Waals surface area contributed by atoms with E-state index in [0.717, 1.165) is 0 Å². The molecule has 1 unspecified atom stereocenters. The predicted molar refractivity (Wildman–Crippen MR) is 80.6 cm³/mol. The van der Waals surface area contributed by atoms with Gasteiger partial charge < -0.3 is 15.5 Å². The number of carbonyl (C=O) groups is 3. The van der Waals surface area contributed by atoms with Crippen LogP contribution >= 0.6 is 11.8 Å². The Morgan fingerprint density at radius 3 is 2.55 bits per heavy atom. The third kappa shape index (κ3) is 2.98. The standard InChI is InChI=1S/C14H20N2O5S/c1-7(17)15-6-4-5-8-10(13(19)20)16-11(18)9(12(16)22-8)14(2,3)21/h9,12,21H,4-6H2,1-3H3,(H,15,17)(H,19,20)/t9?,12-/m1/s1. The summed E-state index contributed by atoms with van der Waals surface area (Å²) in [6, 6.07) is 0. The van der Waals surface area contributed by atoms with Crippen LogP contribution in [0.4, 0.5) is 0 Å². The van der Waals surface area contributed by atoms with Gasteiger partial charge in [-0.05, 0) is 26.7 Å². The van der Waals surface area contributed by atoms with Gasteiger partial charge in [0.1, 0.15) is 11.1 Å². The number of thioether (sulfide) groups is 1. The van der Waals surface area contributed by atoms with E-state index in [4.69, 9.17) is 0 Å². The summed E-state index contributed by atoms with van der Waals surface area (Å²) < 4.78 is 0. The lowest BCUT2D eigenvalue weighted by molar-refractivity contribution is -0.163. The first-order valence-electron chi connectivity index (χ1n) is 7.07. The van der Waals surface area contributed by atoms with E-state index in [2.05, 4.69) is 5.32 Å². The number of aliphatic carboxylic acids is 1. The van der Waals surface area contributed by atoms with Gasteiger partial charge >= 0.3 is 5.97 Å². The highest BCUT2D eigenvalue weighted by molar-refractivity contribution is 8.04. The minimum Gasteiger partial charge on any atom is -0.477 e. The Morgan fingerprint density at radius 1 is 1.41 bits per heavy atom. The van der Waals surface area contributed by atoms with Gasteiger partial charge in [-0.2, -0.15) is 0 Å². The molecule has 0 radical (unpaired) electrons. The first kappa shape index (κ1) is 16.8. The second-order valence-electron chi connectivity index (χ2n) is 6.01. The maximum Gasteiger partial charge on any atom is 0.353 e. The van der Waals surface area contributed by atoms with Gasteiger partial charge in [-0.25, -0.2) is 4.79 Å². The van der Waals surface area contributed by atoms with Crippen LogP contribution in [0.2, 0.25) is 0 Å². The second kappa shape index (κ2) is 5.92. The lowest BCUT2D eigenvalue weighted by Gasteiger charge is -2.47. The third-order valence-corrected chi connectivity index (χ3v) is 5.14. The van der Waals surface area contributed by atoms with Crippen LogP contribution in [0.3, 0.4) is 0 Å². The van der Waals surface area contributed by atoms with Crippen molar-refractivity contribution in [3.05, 3.63) is 10.6 Å². The van der Waals surface area contributed by atoms with Crippen LogP contribution in [0, 0.1) is 5.92 Å². The van der Waals surface area contributed by atoms with Crippen molar-refractivity contribution in [2.45, 2.75) is 44.6 Å². The molecule has 2 atom stereocenters. The van der Waals surface area contributed by atoms with E-state index >= 15 is 0 Å². The van der Waals surface area contributed by atoms with Crippen molar-refractivity contribution in [2.24, 2.45) is 5.92 Å². The molecule has 0 aromatic heterocycles. The van der Waals surface area contributed by atoms with Crippen molar-refractivity contribution in [3.8, 4) is 0 Å². The SMILES string of the molecule is CC(=O)NCCCC1=C(C(=O)O)N2C(=O)C(C(C)(C)O)[C@H]2S1. The topological polar surface area (TPSA) is 107 Å². The fraction of sp³-hybridized carbons (Fsp3) is 0.643. The van der Waals surface area contributed by atoms with Gasteiger partial charge in [0, 0.05) is 18.4 Å². The summed E-state index contributed by atoms with van der Waals surface area (Å²) in [5.41, 5.74) is -1.16. The van der Waals surface area contributed by atoms with Crippen molar-refractivity contribution in [2.75, 3.05) is 6.54 Å². The van der Waals surface area contributed by atoms with Crippen LogP contribution < -0.4 is 5.32 Å². The van der Waals surface area contributed by atoms with E-state index < -0.39 is 17.5 Å². The number of allylic oxidation sites excluding steroid dienone is 1. The van der Waals surface area contributed by atoms with Crippen molar-refractivity contribution in [3.63, 3.8) is 0 Å². The Kier molecular flexibility index (Phi) is 4.53. The van der Waals surface area contributed by atoms with E-state index in [1.54, 1.807) is 13.8 Å². The molecule has 2 aliphatic rings. The van der Waals surface area contributed by atoms with Gasteiger partial charge in [0.25, 0.3) is 0 Å². The number of rotatable bonds is 6. The zero-order valence-electron chi connectivity index (χ0n) is 12.8. The molecule has 2 rings (SSSR count). The molecule has 2 aliphatic heterocycles. The molecule has 7 nitrogen and oxygen atoms in total. The van der Waals surface area contributed by atoms with Crippen LogP contribution in [0.1, 0.15) is 33.6 Å². The van der Waals surface area contributed by atoms with Gasteiger partial charge in [-0.3, -0.25) is 14.5 Å². The van der Waals surface area contributed by atoms with Gasteiger partial charge in [0.2, 0.25) is 11.8 Å². The van der Waals surface area contributed by atoms with Crippen LogP contribution in [-0.4, -0.2) is 50.4 Å². The Bertz CT molecular complexity index is 552. The summed E-state index contributed by atoms with van der Waals surface area (Å²) >= 11 is 1.33. The van der Waals surface area contributed by atoms with Gasteiger partial charge in [-0.1, -0.05) is 0 Å². The maximum atomic E-state index is 12.2. The largest absolute Gasteiger partial charge is 0.477 e. The Hall–Kier alpha value is -1.54. The minimum absolute atomic E-state index is 0.0170. The summed E-state index contributed by atoms with van der Waals surface area (Å²) in [5.74, 6) is -2.21. The lowest BCUT2D eigenvalue weighted by atomic mass is 9.82. The minimum atomic E-state index is -1.18. The molecule has 0 aliphatic carbocycles. The lowest BCUT2D eigenvalue weighted by Crippen LogP contribution is -2.64. The first-order chi connectivity index (χ1) is 10.1. The zero-order chi connectivity index (χ0) is 16.7. The molecule has 0 spiro atoms. The van der Waals surface area contributed by atoms with E-state index in [-0.39, 0.29) is 22.9 Å². The maximum absolute atomic E-state index is 12.2. The average Bonchev–Trinajstić information content (AvgIpc) is 2.67. The second-order valence-corrected chi connectivity index (χ2v) is 7.22. The number of amides is 2. The fourth-order valence-corrected chi connectivity index (χ4v) is 4.47. The summed E-state index contributed by atoms with van der Waals surface area (Å²) in [6.07, 6.45) is 1.08. The fourth-order valence-electron chi connectivity index (χ4n) is 2.72. The highest BCUT2D eigenvalue weighted by Crippen LogP contribution is 2.53. The van der Waals surface area contributed by atoms with Gasteiger partial charge in [0.05, 0.1) is 11.5 Å².